The third-order valence-corrected chi connectivity index (χ3v) is 6.39. The van der Waals surface area contributed by atoms with Gasteiger partial charge in [-0.05, 0) is 36.1 Å². The lowest BCUT2D eigenvalue weighted by Gasteiger charge is -2.28. The zero-order chi connectivity index (χ0) is 19.5. The maximum absolute atomic E-state index is 12.2. The molecule has 1 unspecified atom stereocenters. The normalized spacial score (nSPS) is 14.0. The Kier molecular flexibility index (Phi) is 5.68. The summed E-state index contributed by atoms with van der Waals surface area (Å²) in [5.41, 5.74) is 7.51. The van der Waals surface area contributed by atoms with E-state index in [-0.39, 0.29) is 11.4 Å². The molecule has 26 heavy (non-hydrogen) atoms. The Balaban J connectivity index is 2.44. The van der Waals surface area contributed by atoms with Crippen molar-refractivity contribution in [2.75, 3.05) is 5.73 Å². The van der Waals surface area contributed by atoms with E-state index in [4.69, 9.17) is 10.9 Å². The highest BCUT2D eigenvalue weighted by Crippen LogP contribution is 2.35. The number of primary sulfonamides is 1. The van der Waals surface area contributed by atoms with Gasteiger partial charge in [0.2, 0.25) is 10.0 Å². The number of nitro groups is 1. The van der Waals surface area contributed by atoms with Gasteiger partial charge in [0.1, 0.15) is 10.4 Å². The molecule has 0 aliphatic heterocycles. The molecule has 2 aromatic carbocycles. The van der Waals surface area contributed by atoms with E-state index in [1.807, 2.05) is 6.92 Å². The van der Waals surface area contributed by atoms with Gasteiger partial charge in [0.05, 0.1) is 4.92 Å². The van der Waals surface area contributed by atoms with Crippen molar-refractivity contribution in [2.45, 2.75) is 37.9 Å². The standard InChI is InChI=1S/C18H23N3O4S/c1-3-4-11-18(2,26(20,24)25)15-8-5-13(6-9-15)14-7-10-16(19)17(12-14)21(22)23/h5-10,12H,3-4,11,19H2,1-2H3,(H2,20,24,25). The second-order valence-corrected chi connectivity index (χ2v) is 8.48. The molecule has 8 heteroatoms. The van der Waals surface area contributed by atoms with Gasteiger partial charge in [-0.15, -0.1) is 0 Å². The maximum Gasteiger partial charge on any atom is 0.292 e. The van der Waals surface area contributed by atoms with Gasteiger partial charge in [0.15, 0.2) is 0 Å². The van der Waals surface area contributed by atoms with Crippen LogP contribution in [-0.4, -0.2) is 13.3 Å². The SMILES string of the molecule is CCCCC(C)(c1ccc(-c2ccc(N)c([N+](=O)[O-])c2)cc1)S(N)(=O)=O. The van der Waals surface area contributed by atoms with Crippen molar-refractivity contribution in [2.24, 2.45) is 5.14 Å². The highest BCUT2D eigenvalue weighted by molar-refractivity contribution is 7.90. The van der Waals surface area contributed by atoms with Crippen LogP contribution < -0.4 is 10.9 Å². The van der Waals surface area contributed by atoms with Crippen molar-refractivity contribution >= 4 is 21.4 Å². The molecule has 0 saturated carbocycles. The number of sulfonamides is 1. The van der Waals surface area contributed by atoms with E-state index >= 15 is 0 Å². The van der Waals surface area contributed by atoms with Crippen LogP contribution in [0.3, 0.4) is 0 Å². The number of rotatable bonds is 7. The smallest absolute Gasteiger partial charge is 0.292 e. The molecule has 0 spiro atoms. The van der Waals surface area contributed by atoms with Crippen LogP contribution in [0.25, 0.3) is 11.1 Å². The number of nitro benzene ring substituents is 1. The van der Waals surface area contributed by atoms with Crippen molar-refractivity contribution in [1.29, 1.82) is 0 Å². The third-order valence-electron chi connectivity index (χ3n) is 4.69. The predicted molar refractivity (Wildman–Crippen MR) is 103 cm³/mol. The van der Waals surface area contributed by atoms with Gasteiger partial charge in [-0.2, -0.15) is 0 Å². The van der Waals surface area contributed by atoms with E-state index in [2.05, 4.69) is 0 Å². The minimum Gasteiger partial charge on any atom is -0.393 e. The quantitative estimate of drug-likeness (QED) is 0.433. The molecule has 0 aliphatic carbocycles. The molecule has 0 fully saturated rings. The van der Waals surface area contributed by atoms with Gasteiger partial charge in [0, 0.05) is 6.07 Å². The van der Waals surface area contributed by atoms with Gasteiger partial charge in [-0.3, -0.25) is 10.1 Å². The summed E-state index contributed by atoms with van der Waals surface area (Å²) in [5.74, 6) is 0. The number of hydrogen-bond donors (Lipinski definition) is 2. The van der Waals surface area contributed by atoms with Crippen LogP contribution in [0.5, 0.6) is 0 Å². The van der Waals surface area contributed by atoms with Crippen molar-refractivity contribution in [3.05, 3.63) is 58.1 Å². The largest absolute Gasteiger partial charge is 0.393 e. The Morgan fingerprint density at radius 2 is 1.69 bits per heavy atom. The van der Waals surface area contributed by atoms with E-state index in [9.17, 15) is 18.5 Å². The summed E-state index contributed by atoms with van der Waals surface area (Å²) in [6, 6.07) is 11.5. The lowest BCUT2D eigenvalue weighted by atomic mass is 9.92. The number of anilines is 1. The topological polar surface area (TPSA) is 129 Å². The lowest BCUT2D eigenvalue weighted by Crippen LogP contribution is -2.38. The molecule has 7 nitrogen and oxygen atoms in total. The molecule has 1 atom stereocenters. The van der Waals surface area contributed by atoms with Crippen LogP contribution >= 0.6 is 0 Å². The Morgan fingerprint density at radius 1 is 1.12 bits per heavy atom. The Morgan fingerprint density at radius 3 is 2.19 bits per heavy atom. The lowest BCUT2D eigenvalue weighted by molar-refractivity contribution is -0.383. The van der Waals surface area contributed by atoms with Crippen LogP contribution in [0, 0.1) is 10.1 Å². The van der Waals surface area contributed by atoms with Gasteiger partial charge in [0.25, 0.3) is 5.69 Å². The number of nitrogen functional groups attached to an aromatic ring is 1. The van der Waals surface area contributed by atoms with E-state index in [1.54, 1.807) is 37.3 Å². The zero-order valence-electron chi connectivity index (χ0n) is 14.8. The molecule has 4 N–H and O–H groups in total. The van der Waals surface area contributed by atoms with Crippen LogP contribution in [0.4, 0.5) is 11.4 Å². The number of unbranched alkanes of at least 4 members (excludes halogenated alkanes) is 1. The van der Waals surface area contributed by atoms with Crippen molar-refractivity contribution in [3.63, 3.8) is 0 Å². The van der Waals surface area contributed by atoms with E-state index in [0.29, 0.717) is 17.5 Å². The summed E-state index contributed by atoms with van der Waals surface area (Å²) < 4.78 is 23.1. The van der Waals surface area contributed by atoms with Crippen molar-refractivity contribution < 1.29 is 13.3 Å². The molecule has 0 radical (unpaired) electrons. The Hall–Kier alpha value is -2.45. The third kappa shape index (κ3) is 3.86. The van der Waals surface area contributed by atoms with Crippen LogP contribution in [0.1, 0.15) is 38.7 Å². The molecular weight excluding hydrogens is 354 g/mol. The average molecular weight is 377 g/mol. The fourth-order valence-electron chi connectivity index (χ4n) is 2.86. The number of nitrogens with two attached hydrogens (primary N) is 2. The zero-order valence-corrected chi connectivity index (χ0v) is 15.6. The fraction of sp³-hybridized carbons (Fsp3) is 0.333. The maximum atomic E-state index is 12.2. The predicted octanol–water partition coefficient (Wildman–Crippen LogP) is 3.54. The molecule has 0 bridgehead atoms. The van der Waals surface area contributed by atoms with Gasteiger partial charge in [-0.25, -0.2) is 13.6 Å². The molecule has 0 saturated heterocycles. The monoisotopic (exact) mass is 377 g/mol. The van der Waals surface area contributed by atoms with Crippen LogP contribution in [0.15, 0.2) is 42.5 Å². The van der Waals surface area contributed by atoms with Gasteiger partial charge < -0.3 is 5.73 Å². The van der Waals surface area contributed by atoms with Crippen LogP contribution in [0.2, 0.25) is 0 Å². The van der Waals surface area contributed by atoms with E-state index in [1.165, 1.54) is 12.1 Å². The highest BCUT2D eigenvalue weighted by atomic mass is 32.2. The molecular formula is C18H23N3O4S. The number of benzene rings is 2. The summed E-state index contributed by atoms with van der Waals surface area (Å²) in [7, 11) is -3.80. The number of hydrogen-bond acceptors (Lipinski definition) is 5. The molecule has 0 amide bonds. The summed E-state index contributed by atoms with van der Waals surface area (Å²) in [6.45, 7) is 3.61. The summed E-state index contributed by atoms with van der Waals surface area (Å²) in [6.07, 6.45) is 2.02. The van der Waals surface area contributed by atoms with E-state index < -0.39 is 19.7 Å². The minimum absolute atomic E-state index is 0.0942. The fourth-order valence-corrected chi connectivity index (χ4v) is 3.76. The van der Waals surface area contributed by atoms with Gasteiger partial charge >= 0.3 is 0 Å². The van der Waals surface area contributed by atoms with Crippen molar-refractivity contribution in [1.82, 2.24) is 0 Å². The summed E-state index contributed by atoms with van der Waals surface area (Å²) in [5, 5.41) is 16.5. The second-order valence-electron chi connectivity index (χ2n) is 6.49. The minimum atomic E-state index is -3.80. The van der Waals surface area contributed by atoms with E-state index in [0.717, 1.165) is 18.4 Å². The molecule has 2 aromatic rings. The summed E-state index contributed by atoms with van der Waals surface area (Å²) >= 11 is 0. The number of nitrogens with zero attached hydrogens (tertiary/aromatic N) is 1. The van der Waals surface area contributed by atoms with Gasteiger partial charge in [-0.1, -0.05) is 50.1 Å². The first kappa shape index (κ1) is 19.9. The first-order valence-corrected chi connectivity index (χ1v) is 9.82. The molecule has 0 aliphatic rings. The Bertz CT molecular complexity index is 911. The first-order valence-electron chi connectivity index (χ1n) is 8.27. The van der Waals surface area contributed by atoms with Crippen LogP contribution in [-0.2, 0) is 14.8 Å². The molecule has 0 aromatic heterocycles. The second kappa shape index (κ2) is 7.43. The molecule has 0 heterocycles. The highest BCUT2D eigenvalue weighted by Gasteiger charge is 2.37. The summed E-state index contributed by atoms with van der Waals surface area (Å²) in [4.78, 5) is 10.5. The van der Waals surface area contributed by atoms with Crippen molar-refractivity contribution in [3.8, 4) is 11.1 Å². The molecule has 2 rings (SSSR count). The average Bonchev–Trinajstić information content (AvgIpc) is 2.59. The Labute approximate surface area is 153 Å². The molecule has 140 valence electrons. The first-order chi connectivity index (χ1) is 12.1.